The van der Waals surface area contributed by atoms with Crippen LogP contribution in [0.3, 0.4) is 0 Å². The molecule has 1 saturated carbocycles. The Labute approximate surface area is 110 Å². The van der Waals surface area contributed by atoms with Crippen molar-refractivity contribution in [2.24, 2.45) is 5.41 Å². The van der Waals surface area contributed by atoms with E-state index in [2.05, 4.69) is 24.9 Å². The van der Waals surface area contributed by atoms with Crippen molar-refractivity contribution < 1.29 is 9.90 Å². The first-order valence-electron chi connectivity index (χ1n) is 6.11. The number of nitrogens with zero attached hydrogens (tertiary/aromatic N) is 2. The van der Waals surface area contributed by atoms with Crippen LogP contribution in [0.25, 0.3) is 0 Å². The van der Waals surface area contributed by atoms with Gasteiger partial charge >= 0.3 is 5.97 Å². The van der Waals surface area contributed by atoms with Crippen LogP contribution in [0.5, 0.6) is 0 Å². The van der Waals surface area contributed by atoms with Gasteiger partial charge in [-0.2, -0.15) is 5.26 Å². The second kappa shape index (κ2) is 4.36. The summed E-state index contributed by atoms with van der Waals surface area (Å²) >= 11 is 1.29. The van der Waals surface area contributed by atoms with Crippen LogP contribution < -0.4 is 0 Å². The molecule has 0 radical (unpaired) electrons. The zero-order valence-electron chi connectivity index (χ0n) is 10.6. The normalized spacial score (nSPS) is 19.8. The molecule has 1 N–H and O–H groups in total. The summed E-state index contributed by atoms with van der Waals surface area (Å²) in [5, 5.41) is 20.5. The van der Waals surface area contributed by atoms with Crippen molar-refractivity contribution in [3.63, 3.8) is 0 Å². The summed E-state index contributed by atoms with van der Waals surface area (Å²) in [6.07, 6.45) is 3.72. The molecule has 1 fully saturated rings. The number of carboxylic acid groups (broad SMARTS) is 1. The van der Waals surface area contributed by atoms with Crippen LogP contribution in [-0.4, -0.2) is 16.1 Å². The van der Waals surface area contributed by atoms with Gasteiger partial charge in [-0.1, -0.05) is 26.7 Å². The molecule has 0 unspecified atom stereocenters. The third kappa shape index (κ3) is 1.81. The lowest BCUT2D eigenvalue weighted by Crippen LogP contribution is -2.48. The molecule has 2 rings (SSSR count). The molecule has 0 amide bonds. The monoisotopic (exact) mass is 264 g/mol. The van der Waals surface area contributed by atoms with Crippen LogP contribution in [0.4, 0.5) is 0 Å². The van der Waals surface area contributed by atoms with Crippen molar-refractivity contribution in [1.82, 2.24) is 4.98 Å². The van der Waals surface area contributed by atoms with Gasteiger partial charge in [-0.15, -0.1) is 11.3 Å². The van der Waals surface area contributed by atoms with E-state index in [1.807, 2.05) is 0 Å². The van der Waals surface area contributed by atoms with E-state index in [-0.39, 0.29) is 11.1 Å². The minimum Gasteiger partial charge on any atom is -0.476 e. The molecule has 1 aromatic heterocycles. The first-order chi connectivity index (χ1) is 8.51. The number of thiazole rings is 1. The lowest BCUT2D eigenvalue weighted by Gasteiger charge is -2.51. The van der Waals surface area contributed by atoms with E-state index >= 15 is 0 Å². The number of hydrogen-bond acceptors (Lipinski definition) is 4. The molecule has 96 valence electrons. The largest absolute Gasteiger partial charge is 0.476 e. The number of carbonyl (C=O) groups is 1. The van der Waals surface area contributed by atoms with Gasteiger partial charge in [0.25, 0.3) is 0 Å². The Bertz CT molecular complexity index is 503. The molecule has 0 saturated heterocycles. The summed E-state index contributed by atoms with van der Waals surface area (Å²) in [6, 6.07) is 2.36. The molecule has 4 nitrogen and oxygen atoms in total. The van der Waals surface area contributed by atoms with Crippen LogP contribution in [0.15, 0.2) is 5.38 Å². The van der Waals surface area contributed by atoms with Crippen molar-refractivity contribution in [2.75, 3.05) is 0 Å². The van der Waals surface area contributed by atoms with Gasteiger partial charge in [-0.3, -0.25) is 0 Å². The van der Waals surface area contributed by atoms with Crippen LogP contribution in [0.1, 0.15) is 55.0 Å². The van der Waals surface area contributed by atoms with E-state index in [1.165, 1.54) is 16.7 Å². The number of rotatable bonds is 4. The molecule has 1 heterocycles. The third-order valence-electron chi connectivity index (χ3n) is 4.20. The van der Waals surface area contributed by atoms with E-state index in [4.69, 9.17) is 5.11 Å². The van der Waals surface area contributed by atoms with Crippen molar-refractivity contribution >= 4 is 17.3 Å². The predicted octanol–water partition coefficient (Wildman–Crippen LogP) is 3.20. The summed E-state index contributed by atoms with van der Waals surface area (Å²) in [6.45, 7) is 4.30. The van der Waals surface area contributed by atoms with E-state index in [0.717, 1.165) is 25.7 Å². The van der Waals surface area contributed by atoms with Crippen molar-refractivity contribution in [3.8, 4) is 6.07 Å². The highest BCUT2D eigenvalue weighted by atomic mass is 32.1. The minimum atomic E-state index is -1.03. The Kier molecular flexibility index (Phi) is 3.16. The maximum absolute atomic E-state index is 10.8. The van der Waals surface area contributed by atoms with Gasteiger partial charge in [0, 0.05) is 5.38 Å². The van der Waals surface area contributed by atoms with Gasteiger partial charge in [0.1, 0.15) is 10.4 Å². The number of aromatic carboxylic acids is 1. The van der Waals surface area contributed by atoms with Gasteiger partial charge in [-0.05, 0) is 18.3 Å². The fourth-order valence-corrected chi connectivity index (χ4v) is 3.79. The van der Waals surface area contributed by atoms with E-state index in [1.54, 1.807) is 0 Å². The first-order valence-corrected chi connectivity index (χ1v) is 6.99. The molecule has 0 bridgehead atoms. The first kappa shape index (κ1) is 13.0. The Morgan fingerprint density at radius 1 is 1.56 bits per heavy atom. The maximum atomic E-state index is 10.8. The summed E-state index contributed by atoms with van der Waals surface area (Å²) in [4.78, 5) is 14.9. The Morgan fingerprint density at radius 3 is 2.56 bits per heavy atom. The summed E-state index contributed by atoms with van der Waals surface area (Å²) in [5.41, 5.74) is -0.259. The number of nitriles is 1. The van der Waals surface area contributed by atoms with E-state index in [0.29, 0.717) is 5.01 Å². The van der Waals surface area contributed by atoms with Crippen molar-refractivity contribution in [1.29, 1.82) is 5.26 Å². The van der Waals surface area contributed by atoms with Crippen LogP contribution in [0.2, 0.25) is 0 Å². The highest BCUT2D eigenvalue weighted by Gasteiger charge is 2.55. The Balaban J connectivity index is 2.26. The predicted molar refractivity (Wildman–Crippen MR) is 68.6 cm³/mol. The van der Waals surface area contributed by atoms with Gasteiger partial charge in [-0.25, -0.2) is 9.78 Å². The number of carboxylic acids is 1. The quantitative estimate of drug-likeness (QED) is 0.906. The molecular weight excluding hydrogens is 248 g/mol. The number of hydrogen-bond donors (Lipinski definition) is 1. The van der Waals surface area contributed by atoms with Crippen molar-refractivity contribution in [3.05, 3.63) is 16.1 Å². The molecule has 1 aliphatic carbocycles. The second-order valence-corrected chi connectivity index (χ2v) is 5.96. The van der Waals surface area contributed by atoms with E-state index < -0.39 is 11.4 Å². The zero-order chi connectivity index (χ0) is 13.4. The molecule has 5 heteroatoms. The zero-order valence-corrected chi connectivity index (χ0v) is 11.4. The maximum Gasteiger partial charge on any atom is 0.355 e. The fraction of sp³-hybridized carbons (Fsp3) is 0.615. The lowest BCUT2D eigenvalue weighted by atomic mass is 9.51. The standard InChI is InChI=1S/C13H16N2O2S/c1-3-12(4-2)6-13(7-12,8-14)11-15-9(5-18-11)10(16)17/h5H,3-4,6-7H2,1-2H3,(H,16,17). The third-order valence-corrected chi connectivity index (χ3v) is 5.25. The average molecular weight is 264 g/mol. The minimum absolute atomic E-state index is 0.0510. The molecule has 1 aromatic rings. The Hall–Kier alpha value is -1.41. The van der Waals surface area contributed by atoms with E-state index in [9.17, 15) is 10.1 Å². The molecular formula is C13H16N2O2S. The number of aromatic nitrogens is 1. The summed E-state index contributed by atoms with van der Waals surface area (Å²) in [7, 11) is 0. The molecule has 18 heavy (non-hydrogen) atoms. The Morgan fingerprint density at radius 2 is 2.17 bits per heavy atom. The molecule has 0 aliphatic heterocycles. The van der Waals surface area contributed by atoms with Crippen LogP contribution in [0, 0.1) is 16.7 Å². The second-order valence-electron chi connectivity index (χ2n) is 5.10. The van der Waals surface area contributed by atoms with Gasteiger partial charge in [0.2, 0.25) is 0 Å². The van der Waals surface area contributed by atoms with Crippen LogP contribution >= 0.6 is 11.3 Å². The molecule has 1 aliphatic rings. The van der Waals surface area contributed by atoms with Gasteiger partial charge in [0.15, 0.2) is 5.69 Å². The molecule has 0 aromatic carbocycles. The lowest BCUT2D eigenvalue weighted by molar-refractivity contribution is 0.0475. The highest BCUT2D eigenvalue weighted by molar-refractivity contribution is 7.10. The summed E-state index contributed by atoms with van der Waals surface area (Å²) < 4.78 is 0. The molecule has 0 atom stereocenters. The van der Waals surface area contributed by atoms with Gasteiger partial charge in [0.05, 0.1) is 6.07 Å². The van der Waals surface area contributed by atoms with Crippen LogP contribution in [-0.2, 0) is 5.41 Å². The highest BCUT2D eigenvalue weighted by Crippen LogP contribution is 2.59. The fourth-order valence-electron chi connectivity index (χ4n) is 2.85. The average Bonchev–Trinajstić information content (AvgIpc) is 2.80. The van der Waals surface area contributed by atoms with Crippen molar-refractivity contribution in [2.45, 2.75) is 44.9 Å². The molecule has 0 spiro atoms. The summed E-state index contributed by atoms with van der Waals surface area (Å²) in [5.74, 6) is -1.03. The smallest absolute Gasteiger partial charge is 0.355 e. The topological polar surface area (TPSA) is 74.0 Å². The SMILES string of the molecule is CCC1(CC)CC(C#N)(c2nc(C(=O)O)cs2)C1. The van der Waals surface area contributed by atoms with Gasteiger partial charge < -0.3 is 5.11 Å².